The maximum absolute atomic E-state index is 12.7. The zero-order valence-electron chi connectivity index (χ0n) is 15.2. The van der Waals surface area contributed by atoms with Crippen LogP contribution in [0.3, 0.4) is 0 Å². The Bertz CT molecular complexity index is 1240. The number of Topliss-reactive ketones (excluding diaryl/α,β-unsaturated/α-hetero) is 1. The van der Waals surface area contributed by atoms with E-state index in [0.717, 1.165) is 39.2 Å². The normalized spacial score (nSPS) is 16.4. The number of carbonyl (C=O) groups excluding carboxylic acids is 1. The van der Waals surface area contributed by atoms with Crippen molar-refractivity contribution in [2.24, 2.45) is 0 Å². The second kappa shape index (κ2) is 5.81. The minimum Gasteiger partial charge on any atom is -0.329 e. The van der Waals surface area contributed by atoms with E-state index in [-0.39, 0.29) is 11.8 Å². The van der Waals surface area contributed by atoms with Crippen LogP contribution >= 0.6 is 0 Å². The highest BCUT2D eigenvalue weighted by Gasteiger charge is 2.33. The molecular formula is C23H19N3O. The lowest BCUT2D eigenvalue weighted by Crippen LogP contribution is -2.27. The minimum absolute atomic E-state index is 0.0707. The number of rotatable bonds is 2. The van der Waals surface area contributed by atoms with Gasteiger partial charge in [0.25, 0.3) is 0 Å². The summed E-state index contributed by atoms with van der Waals surface area (Å²) >= 11 is 0. The summed E-state index contributed by atoms with van der Waals surface area (Å²) in [4.78, 5) is 17.4. The highest BCUT2D eigenvalue weighted by molar-refractivity contribution is 5.99. The number of para-hydroxylation sites is 2. The van der Waals surface area contributed by atoms with E-state index in [0.29, 0.717) is 0 Å². The summed E-state index contributed by atoms with van der Waals surface area (Å²) in [5.41, 5.74) is 4.70. The van der Waals surface area contributed by atoms with Crippen LogP contribution in [0.2, 0.25) is 0 Å². The lowest BCUT2D eigenvalue weighted by molar-refractivity contribution is -0.114. The van der Waals surface area contributed by atoms with Crippen LogP contribution in [0.15, 0.2) is 78.0 Å². The topological polar surface area (TPSA) is 46.9 Å². The van der Waals surface area contributed by atoms with Gasteiger partial charge in [0.2, 0.25) is 5.95 Å². The summed E-state index contributed by atoms with van der Waals surface area (Å²) in [5.74, 6) is 0.845. The van der Waals surface area contributed by atoms with E-state index < -0.39 is 0 Å². The van der Waals surface area contributed by atoms with Crippen molar-refractivity contribution >= 4 is 33.5 Å². The smallest absolute Gasteiger partial charge is 0.209 e. The van der Waals surface area contributed by atoms with Crippen LogP contribution in [0.5, 0.6) is 0 Å². The molecule has 1 unspecified atom stereocenters. The number of hydrogen-bond donors (Lipinski definition) is 1. The van der Waals surface area contributed by atoms with Gasteiger partial charge in [0.1, 0.15) is 0 Å². The van der Waals surface area contributed by atoms with Crippen LogP contribution in [0, 0.1) is 0 Å². The summed E-state index contributed by atoms with van der Waals surface area (Å²) in [6, 6.07) is 22.5. The Balaban J connectivity index is 1.89. The molecule has 1 atom stereocenters. The van der Waals surface area contributed by atoms with Gasteiger partial charge in [-0.3, -0.25) is 9.36 Å². The van der Waals surface area contributed by atoms with Gasteiger partial charge in [-0.2, -0.15) is 0 Å². The van der Waals surface area contributed by atoms with Gasteiger partial charge in [0.05, 0.1) is 17.1 Å². The van der Waals surface area contributed by atoms with E-state index in [1.165, 1.54) is 5.39 Å². The fourth-order valence-electron chi connectivity index (χ4n) is 4.20. The fourth-order valence-corrected chi connectivity index (χ4v) is 4.20. The number of carbonyl (C=O) groups is 1. The first-order chi connectivity index (χ1) is 13.1. The van der Waals surface area contributed by atoms with Crippen LogP contribution < -0.4 is 5.32 Å². The third-order valence-corrected chi connectivity index (χ3v) is 5.33. The Morgan fingerprint density at radius 1 is 1.00 bits per heavy atom. The van der Waals surface area contributed by atoms with Gasteiger partial charge in [-0.05, 0) is 42.3 Å². The second-order valence-corrected chi connectivity index (χ2v) is 6.98. The van der Waals surface area contributed by atoms with Crippen molar-refractivity contribution in [3.8, 4) is 0 Å². The molecular weight excluding hydrogens is 334 g/mol. The molecule has 0 saturated carbocycles. The Morgan fingerprint density at radius 3 is 2.59 bits per heavy atom. The zero-order chi connectivity index (χ0) is 18.5. The molecule has 1 aromatic heterocycles. The maximum Gasteiger partial charge on any atom is 0.209 e. The van der Waals surface area contributed by atoms with E-state index in [2.05, 4.69) is 46.3 Å². The van der Waals surface area contributed by atoms with Crippen LogP contribution in [0.1, 0.15) is 25.5 Å². The molecule has 1 aliphatic rings. The highest BCUT2D eigenvalue weighted by Crippen LogP contribution is 2.41. The van der Waals surface area contributed by atoms with Crippen LogP contribution in [-0.2, 0) is 4.79 Å². The van der Waals surface area contributed by atoms with Gasteiger partial charge in [0, 0.05) is 11.3 Å². The van der Waals surface area contributed by atoms with Crippen molar-refractivity contribution in [2.75, 3.05) is 5.32 Å². The molecule has 0 radical (unpaired) electrons. The average Bonchev–Trinajstić information content (AvgIpc) is 3.04. The average molecular weight is 353 g/mol. The SMILES string of the molecule is CC(=O)C1=C(C)Nc2nc3ccccc3n2C1c1cccc2ccccc12. The Kier molecular flexibility index (Phi) is 3.41. The number of nitrogens with zero attached hydrogens (tertiary/aromatic N) is 2. The number of nitrogens with one attached hydrogen (secondary N) is 1. The minimum atomic E-state index is -0.211. The Morgan fingerprint density at radius 2 is 1.74 bits per heavy atom. The quantitative estimate of drug-likeness (QED) is 0.547. The number of imidazole rings is 1. The van der Waals surface area contributed by atoms with E-state index >= 15 is 0 Å². The van der Waals surface area contributed by atoms with Crippen LogP contribution in [0.25, 0.3) is 21.8 Å². The third kappa shape index (κ3) is 2.30. The second-order valence-electron chi connectivity index (χ2n) is 6.98. The van der Waals surface area contributed by atoms with E-state index in [4.69, 9.17) is 4.98 Å². The van der Waals surface area contributed by atoms with Crippen LogP contribution in [0.4, 0.5) is 5.95 Å². The number of hydrogen-bond acceptors (Lipinski definition) is 3. The molecule has 4 nitrogen and oxygen atoms in total. The number of fused-ring (bicyclic) bond motifs is 4. The predicted octanol–water partition coefficient (Wildman–Crippen LogP) is 5.07. The van der Waals surface area contributed by atoms with Crippen molar-refractivity contribution in [3.63, 3.8) is 0 Å². The Labute approximate surface area is 157 Å². The summed E-state index contributed by atoms with van der Waals surface area (Å²) in [7, 11) is 0. The first kappa shape index (κ1) is 15.8. The van der Waals surface area contributed by atoms with Gasteiger partial charge in [-0.1, -0.05) is 54.6 Å². The fraction of sp³-hybridized carbons (Fsp3) is 0.130. The molecule has 0 fully saturated rings. The molecule has 27 heavy (non-hydrogen) atoms. The molecule has 132 valence electrons. The first-order valence-electron chi connectivity index (χ1n) is 9.08. The molecule has 0 amide bonds. The predicted molar refractivity (Wildman–Crippen MR) is 109 cm³/mol. The molecule has 1 aliphatic heterocycles. The van der Waals surface area contributed by atoms with Gasteiger partial charge in [-0.15, -0.1) is 0 Å². The van der Waals surface area contributed by atoms with Crippen molar-refractivity contribution in [1.82, 2.24) is 9.55 Å². The summed E-state index contributed by atoms with van der Waals surface area (Å²) in [6.07, 6.45) is 0. The molecule has 0 spiro atoms. The van der Waals surface area contributed by atoms with Crippen molar-refractivity contribution in [1.29, 1.82) is 0 Å². The number of allylic oxidation sites excluding steroid dienone is 2. The van der Waals surface area contributed by atoms with Crippen molar-refractivity contribution in [3.05, 3.63) is 83.6 Å². The summed E-state index contributed by atoms with van der Waals surface area (Å²) in [5, 5.41) is 5.66. The molecule has 4 heteroatoms. The van der Waals surface area contributed by atoms with Crippen LogP contribution in [-0.4, -0.2) is 15.3 Å². The molecule has 3 aromatic carbocycles. The first-order valence-corrected chi connectivity index (χ1v) is 9.08. The number of benzene rings is 3. The van der Waals surface area contributed by atoms with E-state index in [9.17, 15) is 4.79 Å². The molecule has 0 aliphatic carbocycles. The molecule has 0 bridgehead atoms. The summed E-state index contributed by atoms with van der Waals surface area (Å²) < 4.78 is 2.15. The van der Waals surface area contributed by atoms with Gasteiger partial charge < -0.3 is 5.32 Å². The lowest BCUT2D eigenvalue weighted by Gasteiger charge is -2.31. The molecule has 2 heterocycles. The highest BCUT2D eigenvalue weighted by atomic mass is 16.1. The van der Waals surface area contributed by atoms with Crippen molar-refractivity contribution < 1.29 is 4.79 Å². The Hall–Kier alpha value is -3.40. The number of anilines is 1. The molecule has 5 rings (SSSR count). The number of ketones is 1. The third-order valence-electron chi connectivity index (χ3n) is 5.33. The van der Waals surface area contributed by atoms with E-state index in [1.54, 1.807) is 6.92 Å². The molecule has 0 saturated heterocycles. The zero-order valence-corrected chi connectivity index (χ0v) is 15.2. The van der Waals surface area contributed by atoms with E-state index in [1.807, 2.05) is 37.3 Å². The maximum atomic E-state index is 12.7. The van der Waals surface area contributed by atoms with Gasteiger partial charge in [-0.25, -0.2) is 4.98 Å². The lowest BCUT2D eigenvalue weighted by atomic mass is 9.89. The number of aromatic nitrogens is 2. The van der Waals surface area contributed by atoms with Gasteiger partial charge in [0.15, 0.2) is 5.78 Å². The summed E-state index contributed by atoms with van der Waals surface area (Å²) in [6.45, 7) is 3.60. The van der Waals surface area contributed by atoms with Crippen molar-refractivity contribution in [2.45, 2.75) is 19.9 Å². The monoisotopic (exact) mass is 353 g/mol. The standard InChI is InChI=1S/C23H19N3O/c1-14-21(15(2)27)22(18-11-7-9-16-8-3-4-10-17(16)18)26-20-13-6-5-12-19(20)25-23(26)24-14/h3-13,22H,1-2H3,(H,24,25). The largest absolute Gasteiger partial charge is 0.329 e. The molecule has 4 aromatic rings. The molecule has 1 N–H and O–H groups in total. The van der Waals surface area contributed by atoms with Gasteiger partial charge >= 0.3 is 0 Å².